The fourth-order valence-electron chi connectivity index (χ4n) is 2.93. The lowest BCUT2D eigenvalue weighted by atomic mass is 10.0. The lowest BCUT2D eigenvalue weighted by molar-refractivity contribution is 0.0520. The number of nitrogens with zero attached hydrogens (tertiary/aromatic N) is 2. The van der Waals surface area contributed by atoms with E-state index in [1.807, 2.05) is 30.3 Å². The van der Waals surface area contributed by atoms with Crippen molar-refractivity contribution in [2.45, 2.75) is 25.1 Å². The zero-order valence-electron chi connectivity index (χ0n) is 12.0. The summed E-state index contributed by atoms with van der Waals surface area (Å²) in [5.74, 6) is 0. The summed E-state index contributed by atoms with van der Waals surface area (Å²) >= 11 is 0. The Bertz CT molecular complexity index is 683. The number of fused-ring (bicyclic) bond motifs is 1. The first kappa shape index (κ1) is 14.3. The summed E-state index contributed by atoms with van der Waals surface area (Å²) in [6.07, 6.45) is 0.328. The molecule has 1 aliphatic heterocycles. The van der Waals surface area contributed by atoms with Crippen LogP contribution in [0.1, 0.15) is 6.42 Å². The van der Waals surface area contributed by atoms with Gasteiger partial charge in [-0.15, -0.1) is 0 Å². The summed E-state index contributed by atoms with van der Waals surface area (Å²) in [6.45, 7) is 2.83. The number of hydrogen-bond donors (Lipinski definition) is 2. The third kappa shape index (κ3) is 3.00. The molecule has 3 rings (SSSR count). The lowest BCUT2D eigenvalue weighted by Gasteiger charge is -2.34. The molecule has 1 aliphatic rings. The van der Waals surface area contributed by atoms with Crippen molar-refractivity contribution in [2.24, 2.45) is 5.73 Å². The van der Waals surface area contributed by atoms with Crippen LogP contribution in [-0.4, -0.2) is 46.4 Å². The number of pyridine rings is 1. The molecule has 3 N–H and O–H groups in total. The number of aliphatic hydroxyl groups is 1. The van der Waals surface area contributed by atoms with E-state index in [-0.39, 0.29) is 11.6 Å². The van der Waals surface area contributed by atoms with Gasteiger partial charge in [-0.3, -0.25) is 9.69 Å². The van der Waals surface area contributed by atoms with Crippen LogP contribution in [0, 0.1) is 0 Å². The number of para-hydroxylation sites is 1. The van der Waals surface area contributed by atoms with Gasteiger partial charge in [-0.05, 0) is 30.5 Å². The molecule has 1 fully saturated rings. The van der Waals surface area contributed by atoms with E-state index in [1.165, 1.54) is 0 Å². The monoisotopic (exact) mass is 287 g/mol. The van der Waals surface area contributed by atoms with Crippen molar-refractivity contribution >= 4 is 10.9 Å². The average molecular weight is 287 g/mol. The molecule has 5 heteroatoms. The second-order valence-corrected chi connectivity index (χ2v) is 5.70. The van der Waals surface area contributed by atoms with Crippen molar-refractivity contribution in [1.29, 1.82) is 0 Å². The maximum atomic E-state index is 12.1. The summed E-state index contributed by atoms with van der Waals surface area (Å²) in [4.78, 5) is 14.3. The predicted octanol–water partition coefficient (Wildman–Crippen LogP) is 0.395. The van der Waals surface area contributed by atoms with Gasteiger partial charge >= 0.3 is 0 Å². The highest BCUT2D eigenvalue weighted by molar-refractivity contribution is 5.78. The van der Waals surface area contributed by atoms with E-state index < -0.39 is 6.10 Å². The van der Waals surface area contributed by atoms with Crippen molar-refractivity contribution in [3.05, 3.63) is 46.8 Å². The van der Waals surface area contributed by atoms with Gasteiger partial charge in [0.05, 0.1) is 11.6 Å². The fraction of sp³-hybridized carbons (Fsp3) is 0.438. The second-order valence-electron chi connectivity index (χ2n) is 5.70. The molecule has 2 heterocycles. The number of benzene rings is 1. The Balaban J connectivity index is 1.76. The molecular formula is C16H21N3O2. The standard InChI is InChI=1S/C16H21N3O2/c17-13-7-8-18(11-15(13)20)9-10-19-14-4-2-1-3-12(14)5-6-16(19)21/h1-6,13,15,20H,7-11,17H2/t13-,15+/m1/s1. The molecule has 0 aliphatic carbocycles. The van der Waals surface area contributed by atoms with E-state index in [9.17, 15) is 9.90 Å². The zero-order chi connectivity index (χ0) is 14.8. The fourth-order valence-corrected chi connectivity index (χ4v) is 2.93. The maximum Gasteiger partial charge on any atom is 0.251 e. The van der Waals surface area contributed by atoms with Crippen LogP contribution >= 0.6 is 0 Å². The first-order valence-electron chi connectivity index (χ1n) is 7.40. The number of nitrogens with two attached hydrogens (primary N) is 1. The molecule has 21 heavy (non-hydrogen) atoms. The van der Waals surface area contributed by atoms with Gasteiger partial charge in [0.2, 0.25) is 0 Å². The van der Waals surface area contributed by atoms with Crippen LogP contribution in [0.3, 0.4) is 0 Å². The molecule has 112 valence electrons. The van der Waals surface area contributed by atoms with E-state index in [4.69, 9.17) is 5.73 Å². The van der Waals surface area contributed by atoms with Gasteiger partial charge in [0.1, 0.15) is 0 Å². The molecule has 0 amide bonds. The van der Waals surface area contributed by atoms with Crippen molar-refractivity contribution in [3.63, 3.8) is 0 Å². The minimum atomic E-state index is -0.469. The molecule has 1 aromatic heterocycles. The summed E-state index contributed by atoms with van der Waals surface area (Å²) in [6, 6.07) is 11.2. The van der Waals surface area contributed by atoms with Gasteiger partial charge < -0.3 is 15.4 Å². The first-order chi connectivity index (χ1) is 10.1. The topological polar surface area (TPSA) is 71.5 Å². The Labute approximate surface area is 123 Å². The lowest BCUT2D eigenvalue weighted by Crippen LogP contribution is -2.51. The maximum absolute atomic E-state index is 12.1. The third-order valence-corrected chi connectivity index (χ3v) is 4.26. The van der Waals surface area contributed by atoms with Crippen LogP contribution in [0.2, 0.25) is 0 Å². The zero-order valence-corrected chi connectivity index (χ0v) is 12.0. The summed E-state index contributed by atoms with van der Waals surface area (Å²) in [5.41, 5.74) is 6.79. The number of aromatic nitrogens is 1. The molecular weight excluding hydrogens is 266 g/mol. The number of rotatable bonds is 3. The van der Waals surface area contributed by atoms with Gasteiger partial charge in [-0.25, -0.2) is 0 Å². The Morgan fingerprint density at radius 3 is 2.81 bits per heavy atom. The molecule has 0 saturated carbocycles. The van der Waals surface area contributed by atoms with Crippen LogP contribution in [0.25, 0.3) is 10.9 Å². The predicted molar refractivity (Wildman–Crippen MR) is 83.2 cm³/mol. The van der Waals surface area contributed by atoms with Crippen LogP contribution in [0.15, 0.2) is 41.2 Å². The molecule has 5 nitrogen and oxygen atoms in total. The molecule has 0 unspecified atom stereocenters. The highest BCUT2D eigenvalue weighted by Crippen LogP contribution is 2.12. The Morgan fingerprint density at radius 1 is 1.19 bits per heavy atom. The van der Waals surface area contributed by atoms with Gasteiger partial charge in [0.25, 0.3) is 5.56 Å². The Kier molecular flexibility index (Phi) is 4.05. The van der Waals surface area contributed by atoms with E-state index in [2.05, 4.69) is 4.90 Å². The molecule has 1 aromatic carbocycles. The third-order valence-electron chi connectivity index (χ3n) is 4.26. The van der Waals surface area contributed by atoms with Crippen molar-refractivity contribution in [2.75, 3.05) is 19.6 Å². The SMILES string of the molecule is N[C@@H]1CCN(CCn2c(=O)ccc3ccccc32)C[C@@H]1O. The quantitative estimate of drug-likeness (QED) is 0.857. The summed E-state index contributed by atoms with van der Waals surface area (Å²) in [7, 11) is 0. The minimum Gasteiger partial charge on any atom is -0.390 e. The molecule has 2 aromatic rings. The van der Waals surface area contributed by atoms with Crippen molar-refractivity contribution in [3.8, 4) is 0 Å². The van der Waals surface area contributed by atoms with Crippen LogP contribution in [0.5, 0.6) is 0 Å². The van der Waals surface area contributed by atoms with E-state index >= 15 is 0 Å². The second kappa shape index (κ2) is 5.97. The number of β-amino-alcohol motifs (C(OH)–C–C–N with tert-alkyl or cyclic N) is 1. The number of piperidine rings is 1. The van der Waals surface area contributed by atoms with E-state index in [0.29, 0.717) is 13.1 Å². The molecule has 2 atom stereocenters. The van der Waals surface area contributed by atoms with Gasteiger partial charge in [0, 0.05) is 31.7 Å². The van der Waals surface area contributed by atoms with E-state index in [1.54, 1.807) is 10.6 Å². The smallest absolute Gasteiger partial charge is 0.251 e. The number of aliphatic hydroxyl groups excluding tert-OH is 1. The highest BCUT2D eigenvalue weighted by atomic mass is 16.3. The van der Waals surface area contributed by atoms with Gasteiger partial charge in [-0.1, -0.05) is 18.2 Å². The van der Waals surface area contributed by atoms with Gasteiger partial charge in [0.15, 0.2) is 0 Å². The number of hydrogen-bond acceptors (Lipinski definition) is 4. The molecule has 0 spiro atoms. The summed E-state index contributed by atoms with van der Waals surface area (Å²) in [5, 5.41) is 10.9. The largest absolute Gasteiger partial charge is 0.390 e. The van der Waals surface area contributed by atoms with Crippen LogP contribution < -0.4 is 11.3 Å². The normalized spacial score (nSPS) is 23.5. The van der Waals surface area contributed by atoms with Crippen molar-refractivity contribution < 1.29 is 5.11 Å². The highest BCUT2D eigenvalue weighted by Gasteiger charge is 2.24. The average Bonchev–Trinajstić information content (AvgIpc) is 2.50. The summed E-state index contributed by atoms with van der Waals surface area (Å²) < 4.78 is 1.80. The first-order valence-corrected chi connectivity index (χ1v) is 7.40. The molecule has 0 bridgehead atoms. The van der Waals surface area contributed by atoms with Gasteiger partial charge in [-0.2, -0.15) is 0 Å². The molecule has 1 saturated heterocycles. The minimum absolute atomic E-state index is 0.0166. The van der Waals surface area contributed by atoms with Crippen molar-refractivity contribution in [1.82, 2.24) is 9.47 Å². The molecule has 0 radical (unpaired) electrons. The Morgan fingerprint density at radius 2 is 2.00 bits per heavy atom. The van der Waals surface area contributed by atoms with Crippen LogP contribution in [0.4, 0.5) is 0 Å². The number of likely N-dealkylation sites (tertiary alicyclic amines) is 1. The van der Waals surface area contributed by atoms with E-state index in [0.717, 1.165) is 30.4 Å². The Hall–Kier alpha value is -1.69. The van der Waals surface area contributed by atoms with Crippen LogP contribution in [-0.2, 0) is 6.54 Å².